The molecular weight excluding hydrogens is 844 g/mol. The molecule has 3 saturated heterocycles. The third kappa shape index (κ3) is 9.50. The average Bonchev–Trinajstić information content (AvgIpc) is 3.55. The summed E-state index contributed by atoms with van der Waals surface area (Å²) in [6.07, 6.45) is -15.0. The zero-order valence-electron chi connectivity index (χ0n) is 37.4. The topological polar surface area (TPSA) is 318 Å². The molecule has 0 aromatic rings. The van der Waals surface area contributed by atoms with E-state index in [4.69, 9.17) is 28.4 Å². The molecule has 7 rings (SSSR count). The van der Waals surface area contributed by atoms with E-state index >= 15 is 0 Å². The van der Waals surface area contributed by atoms with Crippen LogP contribution in [0.1, 0.15) is 85.5 Å². The molecule has 64 heavy (non-hydrogen) atoms. The maximum absolute atomic E-state index is 11.8. The van der Waals surface area contributed by atoms with Gasteiger partial charge in [0.1, 0.15) is 73.2 Å². The van der Waals surface area contributed by atoms with Gasteiger partial charge in [-0.05, 0) is 104 Å². The summed E-state index contributed by atoms with van der Waals surface area (Å²) < 4.78 is 35.1. The van der Waals surface area contributed by atoms with Gasteiger partial charge in [0, 0.05) is 0 Å². The van der Waals surface area contributed by atoms with Gasteiger partial charge in [-0.1, -0.05) is 39.3 Å². The van der Waals surface area contributed by atoms with Gasteiger partial charge < -0.3 is 94.8 Å². The average molecular weight is 921 g/mol. The lowest BCUT2D eigenvalue weighted by Crippen LogP contribution is -2.65. The Morgan fingerprint density at radius 3 is 1.88 bits per heavy atom. The van der Waals surface area contributed by atoms with Crippen LogP contribution in [-0.4, -0.2) is 203 Å². The summed E-state index contributed by atoms with van der Waals surface area (Å²) in [5.74, 6) is 0.582. The Labute approximate surface area is 374 Å². The van der Waals surface area contributed by atoms with Gasteiger partial charge in [0.05, 0.1) is 44.7 Å². The number of aliphatic hydroxyl groups excluding tert-OH is 13. The lowest BCUT2D eigenvalue weighted by Gasteiger charge is -2.58. The molecule has 13 N–H and O–H groups in total. The standard InChI is InChI=1S/C45H76O19/c1-19(18-59-41-38(57)35(54)32(51)28(15-46)61-41)5-8-26(49)20(2)31-27(50)14-25-23-7-6-21-13-22(9-11-44(21,3)24(23)10-12-45(25,31)4)60-43-40(37(56)34(53)30(17-48)63-43)64-42-39(58)36(55)33(52)29(16-47)62-42/h6,19-20,22-43,46-58H,5,7-18H2,1-4H3/t19-,20-,22+,23-,24+,25+,26-,27+,28-,29-,30-,31+,32-,33-,34-,35+,36+,37+,38-,39-,40-,41-,42+,43-,44+,45+/m1/s1. The number of rotatable bonds is 15. The maximum Gasteiger partial charge on any atom is 0.187 e. The van der Waals surface area contributed by atoms with E-state index in [2.05, 4.69) is 19.9 Å². The largest absolute Gasteiger partial charge is 0.394 e. The molecule has 4 aliphatic carbocycles. The van der Waals surface area contributed by atoms with Gasteiger partial charge in [-0.15, -0.1) is 0 Å². The molecule has 3 aliphatic heterocycles. The van der Waals surface area contributed by atoms with Crippen molar-refractivity contribution < 1.29 is 94.8 Å². The van der Waals surface area contributed by atoms with Crippen LogP contribution in [0.3, 0.4) is 0 Å². The van der Waals surface area contributed by atoms with Crippen LogP contribution in [0.25, 0.3) is 0 Å². The first kappa shape index (κ1) is 50.8. The van der Waals surface area contributed by atoms with Crippen molar-refractivity contribution in [3.05, 3.63) is 11.6 Å². The van der Waals surface area contributed by atoms with Crippen LogP contribution in [0, 0.1) is 46.3 Å². The smallest absolute Gasteiger partial charge is 0.187 e. The monoisotopic (exact) mass is 920 g/mol. The molecule has 0 amide bonds. The van der Waals surface area contributed by atoms with Crippen molar-refractivity contribution >= 4 is 0 Å². The number of fused-ring (bicyclic) bond motifs is 5. The van der Waals surface area contributed by atoms with Crippen LogP contribution in [0.2, 0.25) is 0 Å². The molecule has 0 radical (unpaired) electrons. The van der Waals surface area contributed by atoms with E-state index in [1.807, 2.05) is 13.8 Å². The second kappa shape index (κ2) is 20.5. The molecule has 19 nitrogen and oxygen atoms in total. The Kier molecular flexibility index (Phi) is 16.3. The predicted octanol–water partition coefficient (Wildman–Crippen LogP) is -2.22. The molecule has 0 aromatic heterocycles. The highest BCUT2D eigenvalue weighted by molar-refractivity contribution is 5.26. The molecule has 0 bridgehead atoms. The summed E-state index contributed by atoms with van der Waals surface area (Å²) in [5, 5.41) is 136. The van der Waals surface area contributed by atoms with E-state index in [1.54, 1.807) is 0 Å². The predicted molar refractivity (Wildman–Crippen MR) is 221 cm³/mol. The van der Waals surface area contributed by atoms with Crippen LogP contribution in [0.5, 0.6) is 0 Å². The zero-order valence-corrected chi connectivity index (χ0v) is 37.4. The van der Waals surface area contributed by atoms with E-state index in [1.165, 1.54) is 5.57 Å². The molecule has 7 aliphatic rings. The molecule has 0 spiro atoms. The molecule has 3 saturated carbocycles. The van der Waals surface area contributed by atoms with Gasteiger partial charge in [0.25, 0.3) is 0 Å². The van der Waals surface area contributed by atoms with Gasteiger partial charge in [-0.3, -0.25) is 0 Å². The number of ether oxygens (including phenoxy) is 6. The fourth-order valence-electron chi connectivity index (χ4n) is 13.1. The molecule has 0 aromatic carbocycles. The number of allylic oxidation sites excluding steroid dienone is 1. The third-order valence-electron chi connectivity index (χ3n) is 17.0. The normalized spacial score (nSPS) is 51.0. The van der Waals surface area contributed by atoms with E-state index in [0.717, 1.165) is 25.7 Å². The van der Waals surface area contributed by atoms with E-state index < -0.39 is 130 Å². The molecule has 26 atom stereocenters. The summed E-state index contributed by atoms with van der Waals surface area (Å²) in [5.41, 5.74) is 0.914. The van der Waals surface area contributed by atoms with Gasteiger partial charge in [0.2, 0.25) is 0 Å². The maximum atomic E-state index is 11.8. The van der Waals surface area contributed by atoms with Crippen LogP contribution < -0.4 is 0 Å². The molecule has 6 fully saturated rings. The fourth-order valence-corrected chi connectivity index (χ4v) is 13.1. The van der Waals surface area contributed by atoms with Crippen molar-refractivity contribution in [2.45, 2.75) is 196 Å². The van der Waals surface area contributed by atoms with Crippen LogP contribution in [-0.2, 0) is 28.4 Å². The molecular formula is C45H76O19. The molecule has 3 heterocycles. The summed E-state index contributed by atoms with van der Waals surface area (Å²) in [6, 6.07) is 0. The summed E-state index contributed by atoms with van der Waals surface area (Å²) >= 11 is 0. The first-order valence-electron chi connectivity index (χ1n) is 23.5. The Hall–Kier alpha value is -1.02. The second-order valence-corrected chi connectivity index (χ2v) is 20.8. The van der Waals surface area contributed by atoms with Crippen LogP contribution in [0.15, 0.2) is 11.6 Å². The van der Waals surface area contributed by atoms with Crippen molar-refractivity contribution in [2.24, 2.45) is 46.3 Å². The van der Waals surface area contributed by atoms with Crippen LogP contribution >= 0.6 is 0 Å². The van der Waals surface area contributed by atoms with Gasteiger partial charge in [0.15, 0.2) is 18.9 Å². The second-order valence-electron chi connectivity index (χ2n) is 20.8. The minimum absolute atomic E-state index is 0.0515. The number of hydrogen-bond donors (Lipinski definition) is 13. The highest BCUT2D eigenvalue weighted by Gasteiger charge is 2.62. The first-order valence-corrected chi connectivity index (χ1v) is 23.5. The van der Waals surface area contributed by atoms with Crippen molar-refractivity contribution in [3.8, 4) is 0 Å². The number of aliphatic hydroxyl groups is 13. The lowest BCUT2D eigenvalue weighted by molar-refractivity contribution is -0.372. The van der Waals surface area contributed by atoms with Crippen molar-refractivity contribution in [2.75, 3.05) is 26.4 Å². The minimum Gasteiger partial charge on any atom is -0.394 e. The van der Waals surface area contributed by atoms with Crippen molar-refractivity contribution in [1.82, 2.24) is 0 Å². The van der Waals surface area contributed by atoms with E-state index in [-0.39, 0.29) is 41.1 Å². The quantitative estimate of drug-likeness (QED) is 0.0774. The summed E-state index contributed by atoms with van der Waals surface area (Å²) in [4.78, 5) is 0. The SMILES string of the molecule is C[C@H](CC[C@@H](O)[C@@H](C)[C@H]1[C@@H](O)C[C@H]2[C@@H]3CC=C4C[C@@H](O[C@@H]5O[C@H](CO)[C@@H](O)[C@H](O)[C@H]5O[C@@H]5O[C@H](CO)[C@@H](O)[C@H](O)[C@H]5O)CC[C@]4(C)[C@H]3CC[C@]12C)CO[C@@H]1O[C@H](CO)[C@@H](O)[C@H](O)[C@H]1O. The Bertz CT molecular complexity index is 1550. The minimum atomic E-state index is -1.77. The van der Waals surface area contributed by atoms with Crippen LogP contribution in [0.4, 0.5) is 0 Å². The Morgan fingerprint density at radius 1 is 0.672 bits per heavy atom. The highest BCUT2D eigenvalue weighted by atomic mass is 16.8. The van der Waals surface area contributed by atoms with Gasteiger partial charge in [-0.25, -0.2) is 0 Å². The van der Waals surface area contributed by atoms with E-state index in [9.17, 15) is 66.4 Å². The molecule has 0 unspecified atom stereocenters. The highest BCUT2D eigenvalue weighted by Crippen LogP contribution is 2.67. The Morgan fingerprint density at radius 2 is 1.25 bits per heavy atom. The molecule has 19 heteroatoms. The fraction of sp³-hybridized carbons (Fsp3) is 0.956. The van der Waals surface area contributed by atoms with Crippen molar-refractivity contribution in [1.29, 1.82) is 0 Å². The van der Waals surface area contributed by atoms with Crippen molar-refractivity contribution in [3.63, 3.8) is 0 Å². The van der Waals surface area contributed by atoms with E-state index in [0.29, 0.717) is 43.9 Å². The first-order chi connectivity index (χ1) is 30.3. The Balaban J connectivity index is 0.964. The zero-order chi connectivity index (χ0) is 46.6. The van der Waals surface area contributed by atoms with Gasteiger partial charge >= 0.3 is 0 Å². The lowest BCUT2D eigenvalue weighted by atomic mass is 9.47. The van der Waals surface area contributed by atoms with Gasteiger partial charge in [-0.2, -0.15) is 0 Å². The number of hydrogen-bond acceptors (Lipinski definition) is 19. The molecule has 370 valence electrons. The summed E-state index contributed by atoms with van der Waals surface area (Å²) in [6.45, 7) is 6.89. The summed E-state index contributed by atoms with van der Waals surface area (Å²) in [7, 11) is 0. The third-order valence-corrected chi connectivity index (χ3v) is 17.0.